The third kappa shape index (κ3) is 1.77. The smallest absolute Gasteiger partial charge is 0.332 e. The third-order valence-electron chi connectivity index (χ3n) is 2.96. The highest BCUT2D eigenvalue weighted by Crippen LogP contribution is 2.34. The fraction of sp³-hybridized carbons (Fsp3) is 0.600. The first kappa shape index (κ1) is 11.5. The van der Waals surface area contributed by atoms with Gasteiger partial charge in [0.05, 0.1) is 0 Å². The number of carboxylic acid groups (broad SMARTS) is 1. The lowest BCUT2D eigenvalue weighted by atomic mass is 10.2. The molecule has 2 unspecified atom stereocenters. The van der Waals surface area contributed by atoms with Gasteiger partial charge in [0.15, 0.2) is 11.9 Å². The summed E-state index contributed by atoms with van der Waals surface area (Å²) in [6.45, 7) is 1.99. The van der Waals surface area contributed by atoms with Crippen molar-refractivity contribution >= 4 is 22.3 Å². The molecule has 0 aliphatic carbocycles. The maximum absolute atomic E-state index is 10.8. The minimum atomic E-state index is -0.908. The summed E-state index contributed by atoms with van der Waals surface area (Å²) < 4.78 is 7.17. The van der Waals surface area contributed by atoms with Gasteiger partial charge in [0, 0.05) is 6.42 Å². The van der Waals surface area contributed by atoms with E-state index in [-0.39, 0.29) is 6.10 Å². The van der Waals surface area contributed by atoms with Gasteiger partial charge >= 0.3 is 5.97 Å². The highest BCUT2D eigenvalue weighted by atomic mass is 32.1. The Bertz CT molecular complexity index is 593. The molecule has 1 aliphatic heterocycles. The highest BCUT2D eigenvalue weighted by molar-refractivity contribution is 7.16. The molecule has 1 aliphatic rings. The van der Waals surface area contributed by atoms with Crippen LogP contribution < -0.4 is 0 Å². The van der Waals surface area contributed by atoms with Crippen LogP contribution in [-0.4, -0.2) is 37.0 Å². The molecule has 0 aromatic carbocycles. The van der Waals surface area contributed by atoms with E-state index in [0.717, 1.165) is 22.2 Å². The van der Waals surface area contributed by atoms with Gasteiger partial charge in [-0.25, -0.2) is 4.79 Å². The van der Waals surface area contributed by atoms with E-state index in [1.54, 1.807) is 4.52 Å². The first-order valence-corrected chi connectivity index (χ1v) is 6.60. The van der Waals surface area contributed by atoms with Crippen LogP contribution in [0.3, 0.4) is 0 Å². The Hall–Kier alpha value is -1.54. The first-order valence-electron chi connectivity index (χ1n) is 5.78. The van der Waals surface area contributed by atoms with Gasteiger partial charge < -0.3 is 9.84 Å². The van der Waals surface area contributed by atoms with Crippen molar-refractivity contribution in [2.24, 2.45) is 0 Å². The average Bonchev–Trinajstić information content (AvgIpc) is 3.02. The monoisotopic (exact) mass is 268 g/mol. The molecule has 1 saturated heterocycles. The van der Waals surface area contributed by atoms with Crippen LogP contribution in [0.25, 0.3) is 4.96 Å². The number of carbonyl (C=O) groups is 1. The van der Waals surface area contributed by atoms with Gasteiger partial charge in [-0.2, -0.15) is 9.61 Å². The highest BCUT2D eigenvalue weighted by Gasteiger charge is 2.33. The van der Waals surface area contributed by atoms with E-state index in [1.807, 2.05) is 6.92 Å². The van der Waals surface area contributed by atoms with Gasteiger partial charge in [0.1, 0.15) is 11.1 Å². The van der Waals surface area contributed by atoms with Crippen molar-refractivity contribution in [1.82, 2.24) is 19.8 Å². The molecule has 0 amide bonds. The van der Waals surface area contributed by atoms with E-state index < -0.39 is 12.1 Å². The summed E-state index contributed by atoms with van der Waals surface area (Å²) >= 11 is 1.40. The zero-order valence-corrected chi connectivity index (χ0v) is 10.6. The lowest BCUT2D eigenvalue weighted by Gasteiger charge is -2.06. The minimum Gasteiger partial charge on any atom is -0.479 e. The largest absolute Gasteiger partial charge is 0.479 e. The molecule has 0 radical (unpaired) electrons. The number of ether oxygens (including phenoxy) is 1. The normalized spacial score (nSPS) is 23.8. The summed E-state index contributed by atoms with van der Waals surface area (Å²) in [7, 11) is 0. The number of aliphatic carboxylic acids is 1. The van der Waals surface area contributed by atoms with E-state index in [1.165, 1.54) is 11.3 Å². The number of fused-ring (bicyclic) bond motifs is 1. The molecule has 7 nitrogen and oxygen atoms in total. The molecular formula is C10H12N4O3S. The van der Waals surface area contributed by atoms with Crippen LogP contribution >= 0.6 is 11.3 Å². The molecule has 0 spiro atoms. The van der Waals surface area contributed by atoms with Crippen LogP contribution in [-0.2, 0) is 16.0 Å². The van der Waals surface area contributed by atoms with Crippen molar-refractivity contribution in [3.63, 3.8) is 0 Å². The average molecular weight is 268 g/mol. The zero-order valence-electron chi connectivity index (χ0n) is 9.74. The molecular weight excluding hydrogens is 256 g/mol. The van der Waals surface area contributed by atoms with Crippen molar-refractivity contribution in [2.45, 2.75) is 38.4 Å². The summed E-state index contributed by atoms with van der Waals surface area (Å²) in [5.41, 5.74) is 0. The van der Waals surface area contributed by atoms with E-state index >= 15 is 0 Å². The quantitative estimate of drug-likeness (QED) is 0.895. The molecule has 3 heterocycles. The van der Waals surface area contributed by atoms with Gasteiger partial charge in [0.25, 0.3) is 0 Å². The molecule has 1 fully saturated rings. The standard InChI is InChI=1S/C10H12N4O3S/c1-2-7-11-12-10-14(7)13-8(18-10)5-3-4-6(17-5)9(15)16/h5-6H,2-4H2,1H3,(H,15,16). The Morgan fingerprint density at radius 2 is 2.39 bits per heavy atom. The second-order valence-corrected chi connectivity index (χ2v) is 5.12. The molecule has 8 heteroatoms. The van der Waals surface area contributed by atoms with Crippen LogP contribution in [0, 0.1) is 0 Å². The second-order valence-electron chi connectivity index (χ2n) is 4.13. The van der Waals surface area contributed by atoms with Crippen LogP contribution in [0.15, 0.2) is 0 Å². The Morgan fingerprint density at radius 3 is 3.06 bits per heavy atom. The van der Waals surface area contributed by atoms with E-state index in [9.17, 15) is 4.79 Å². The van der Waals surface area contributed by atoms with Gasteiger partial charge in [0.2, 0.25) is 4.96 Å². The fourth-order valence-electron chi connectivity index (χ4n) is 2.02. The van der Waals surface area contributed by atoms with Gasteiger partial charge in [-0.3, -0.25) is 0 Å². The predicted molar refractivity (Wildman–Crippen MR) is 62.5 cm³/mol. The molecule has 18 heavy (non-hydrogen) atoms. The van der Waals surface area contributed by atoms with Crippen molar-refractivity contribution in [1.29, 1.82) is 0 Å². The van der Waals surface area contributed by atoms with Crippen LogP contribution in [0.4, 0.5) is 0 Å². The molecule has 0 bridgehead atoms. The third-order valence-corrected chi connectivity index (χ3v) is 3.95. The maximum Gasteiger partial charge on any atom is 0.332 e. The van der Waals surface area contributed by atoms with E-state index in [0.29, 0.717) is 12.8 Å². The van der Waals surface area contributed by atoms with Crippen molar-refractivity contribution < 1.29 is 14.6 Å². The number of rotatable bonds is 3. The number of nitrogens with zero attached hydrogens (tertiary/aromatic N) is 4. The van der Waals surface area contributed by atoms with Crippen LogP contribution in [0.5, 0.6) is 0 Å². The topological polar surface area (TPSA) is 89.6 Å². The lowest BCUT2D eigenvalue weighted by molar-refractivity contribution is -0.149. The Balaban J connectivity index is 1.87. The summed E-state index contributed by atoms with van der Waals surface area (Å²) in [4.78, 5) is 11.6. The summed E-state index contributed by atoms with van der Waals surface area (Å²) in [5, 5.41) is 22.1. The zero-order chi connectivity index (χ0) is 12.7. The van der Waals surface area contributed by atoms with Crippen LogP contribution in [0.2, 0.25) is 0 Å². The lowest BCUT2D eigenvalue weighted by Crippen LogP contribution is -2.18. The van der Waals surface area contributed by atoms with Crippen molar-refractivity contribution in [3.05, 3.63) is 10.8 Å². The first-order chi connectivity index (χ1) is 8.69. The van der Waals surface area contributed by atoms with E-state index in [2.05, 4.69) is 15.3 Å². The second kappa shape index (κ2) is 4.29. The van der Waals surface area contributed by atoms with Gasteiger partial charge in [-0.15, -0.1) is 10.2 Å². The van der Waals surface area contributed by atoms with Crippen molar-refractivity contribution in [2.75, 3.05) is 0 Å². The van der Waals surface area contributed by atoms with E-state index in [4.69, 9.17) is 9.84 Å². The molecule has 3 rings (SSSR count). The maximum atomic E-state index is 10.8. The molecule has 1 N–H and O–H groups in total. The summed E-state index contributed by atoms with van der Waals surface area (Å²) in [5.74, 6) is -0.102. The predicted octanol–water partition coefficient (Wildman–Crippen LogP) is 1.05. The Labute approximate surface area is 106 Å². The minimum absolute atomic E-state index is 0.234. The number of carboxylic acids is 1. The number of aryl methyl sites for hydroxylation is 1. The molecule has 2 atom stereocenters. The number of hydrogen-bond acceptors (Lipinski definition) is 6. The number of aromatic nitrogens is 4. The summed E-state index contributed by atoms with van der Waals surface area (Å²) in [6.07, 6.45) is 1.02. The van der Waals surface area contributed by atoms with Gasteiger partial charge in [-0.05, 0) is 12.8 Å². The van der Waals surface area contributed by atoms with Crippen molar-refractivity contribution in [3.8, 4) is 0 Å². The Kier molecular flexibility index (Phi) is 2.75. The SMILES string of the molecule is CCc1nnc2sc(C3CCC(C(=O)O)O3)nn12. The molecule has 96 valence electrons. The molecule has 0 saturated carbocycles. The molecule has 2 aromatic heterocycles. The van der Waals surface area contributed by atoms with Crippen LogP contribution in [0.1, 0.15) is 36.7 Å². The fourth-order valence-corrected chi connectivity index (χ4v) is 2.95. The summed E-state index contributed by atoms with van der Waals surface area (Å²) in [6, 6.07) is 0. The number of hydrogen-bond donors (Lipinski definition) is 1. The molecule has 2 aromatic rings. The Morgan fingerprint density at radius 1 is 1.56 bits per heavy atom. The van der Waals surface area contributed by atoms with Gasteiger partial charge in [-0.1, -0.05) is 18.3 Å².